The minimum Gasteiger partial charge on any atom is -0.353 e. The number of para-hydroxylation sites is 1. The molecule has 0 saturated carbocycles. The van der Waals surface area contributed by atoms with Gasteiger partial charge >= 0.3 is 0 Å². The highest BCUT2D eigenvalue weighted by Gasteiger charge is 2.20. The summed E-state index contributed by atoms with van der Waals surface area (Å²) in [6.45, 7) is 3.70. The highest BCUT2D eigenvalue weighted by atomic mass is 19.1. The molecule has 3 heterocycles. The van der Waals surface area contributed by atoms with Crippen molar-refractivity contribution in [1.82, 2.24) is 14.5 Å². The third-order valence-electron chi connectivity index (χ3n) is 6.42. The van der Waals surface area contributed by atoms with E-state index in [1.807, 2.05) is 43.3 Å². The van der Waals surface area contributed by atoms with Crippen molar-refractivity contribution in [3.63, 3.8) is 0 Å². The molecule has 3 aromatic heterocycles. The number of rotatable bonds is 6. The van der Waals surface area contributed by atoms with Gasteiger partial charge in [-0.05, 0) is 61.4 Å². The number of aryl methyl sites for hydroxylation is 2. The Morgan fingerprint density at radius 3 is 2.54 bits per heavy atom. The van der Waals surface area contributed by atoms with Crippen molar-refractivity contribution >= 4 is 34.0 Å². The number of nitrogens with one attached hydrogen (secondary N) is 3. The number of halogens is 1. The van der Waals surface area contributed by atoms with Gasteiger partial charge in [-0.15, -0.1) is 0 Å². The summed E-state index contributed by atoms with van der Waals surface area (Å²) in [4.78, 5) is 33.8. The normalized spacial score (nSPS) is 11.9. The van der Waals surface area contributed by atoms with Crippen molar-refractivity contribution in [2.75, 3.05) is 10.6 Å². The molecular weight excluding hydrogens is 469 g/mol. The van der Waals surface area contributed by atoms with E-state index in [0.717, 1.165) is 22.3 Å². The van der Waals surface area contributed by atoms with Crippen LogP contribution in [0.4, 0.5) is 21.6 Å². The molecule has 37 heavy (non-hydrogen) atoms. The number of carbonyl (C=O) groups is 1. The van der Waals surface area contributed by atoms with Crippen molar-refractivity contribution < 1.29 is 9.18 Å². The Balaban J connectivity index is 1.55. The lowest BCUT2D eigenvalue weighted by atomic mass is 10.0. The topological polar surface area (TPSA) is 91.8 Å². The fourth-order valence-electron chi connectivity index (χ4n) is 4.40. The van der Waals surface area contributed by atoms with Crippen LogP contribution in [-0.4, -0.2) is 20.4 Å². The number of benzene rings is 2. The standard InChI is InChI=1S/C29H26FN5O2/c1-17-16-35(3)29(37)24-25(17)34-26(27(24)32-22-7-5-4-6-8-22)20-13-14-31-23(15-20)33-28(36)18(2)19-9-11-21(30)12-10-19/h4-16,18,32,34H,1-3H3,(H,31,33,36). The molecule has 5 rings (SSSR count). The van der Waals surface area contributed by atoms with Gasteiger partial charge in [0.25, 0.3) is 5.56 Å². The zero-order valence-corrected chi connectivity index (χ0v) is 20.7. The van der Waals surface area contributed by atoms with Gasteiger partial charge < -0.3 is 20.2 Å². The molecule has 0 bridgehead atoms. The van der Waals surface area contributed by atoms with Crippen LogP contribution in [0.15, 0.2) is 83.9 Å². The van der Waals surface area contributed by atoms with Crippen LogP contribution in [0.1, 0.15) is 24.0 Å². The van der Waals surface area contributed by atoms with Gasteiger partial charge in [-0.1, -0.05) is 30.3 Å². The van der Waals surface area contributed by atoms with Crippen molar-refractivity contribution in [2.45, 2.75) is 19.8 Å². The molecule has 0 aliphatic rings. The summed E-state index contributed by atoms with van der Waals surface area (Å²) in [5.41, 5.74) is 5.17. The third kappa shape index (κ3) is 4.73. The van der Waals surface area contributed by atoms with Crippen molar-refractivity contribution in [3.05, 3.63) is 106 Å². The average molecular weight is 496 g/mol. The molecule has 1 unspecified atom stereocenters. The number of H-pyrrole nitrogens is 1. The lowest BCUT2D eigenvalue weighted by molar-refractivity contribution is -0.117. The zero-order chi connectivity index (χ0) is 26.1. The summed E-state index contributed by atoms with van der Waals surface area (Å²) in [5.74, 6) is -0.750. The van der Waals surface area contributed by atoms with Crippen LogP contribution in [0, 0.1) is 12.7 Å². The van der Waals surface area contributed by atoms with Crippen molar-refractivity contribution in [1.29, 1.82) is 0 Å². The summed E-state index contributed by atoms with van der Waals surface area (Å²) < 4.78 is 14.9. The van der Waals surface area contributed by atoms with Gasteiger partial charge in [0.05, 0.1) is 28.2 Å². The van der Waals surface area contributed by atoms with E-state index >= 15 is 0 Å². The molecule has 0 radical (unpaired) electrons. The van der Waals surface area contributed by atoms with Gasteiger partial charge in [0.2, 0.25) is 5.91 Å². The fourth-order valence-corrected chi connectivity index (χ4v) is 4.40. The maximum atomic E-state index is 13.3. The summed E-state index contributed by atoms with van der Waals surface area (Å²) in [6, 6.07) is 19.1. The number of hydrogen-bond acceptors (Lipinski definition) is 4. The molecule has 3 N–H and O–H groups in total. The van der Waals surface area contributed by atoms with Crippen LogP contribution in [0.2, 0.25) is 0 Å². The SMILES string of the molecule is Cc1cn(C)c(=O)c2c(Nc3ccccc3)c(-c3ccnc(NC(=O)C(C)c4ccc(F)cc4)c3)[nH]c12. The van der Waals surface area contributed by atoms with Gasteiger partial charge in [-0.2, -0.15) is 0 Å². The van der Waals surface area contributed by atoms with Crippen LogP contribution >= 0.6 is 0 Å². The number of nitrogens with zero attached hydrogens (tertiary/aromatic N) is 2. The van der Waals surface area contributed by atoms with Crippen LogP contribution in [-0.2, 0) is 11.8 Å². The minimum atomic E-state index is -0.500. The van der Waals surface area contributed by atoms with E-state index in [0.29, 0.717) is 28.1 Å². The summed E-state index contributed by atoms with van der Waals surface area (Å²) in [5, 5.41) is 6.82. The molecule has 2 aromatic carbocycles. The first-order valence-electron chi connectivity index (χ1n) is 11.9. The molecule has 0 spiro atoms. The quantitative estimate of drug-likeness (QED) is 0.275. The number of fused-ring (bicyclic) bond motifs is 1. The molecule has 7 nitrogen and oxygen atoms in total. The molecule has 1 atom stereocenters. The highest BCUT2D eigenvalue weighted by Crippen LogP contribution is 2.37. The van der Waals surface area contributed by atoms with Crippen molar-refractivity contribution in [2.24, 2.45) is 7.05 Å². The molecule has 0 aliphatic heterocycles. The summed E-state index contributed by atoms with van der Waals surface area (Å²) >= 11 is 0. The van der Waals surface area contributed by atoms with Gasteiger partial charge in [0.1, 0.15) is 11.6 Å². The van der Waals surface area contributed by atoms with Gasteiger partial charge in [0.15, 0.2) is 0 Å². The van der Waals surface area contributed by atoms with E-state index in [9.17, 15) is 14.0 Å². The monoisotopic (exact) mass is 495 g/mol. The fraction of sp³-hybridized carbons (Fsp3) is 0.138. The van der Waals surface area contributed by atoms with Crippen LogP contribution < -0.4 is 16.2 Å². The Hall–Kier alpha value is -4.72. The first kappa shape index (κ1) is 24.0. The Kier molecular flexibility index (Phi) is 6.31. The zero-order valence-electron chi connectivity index (χ0n) is 20.7. The molecule has 0 aliphatic carbocycles. The molecule has 1 amide bonds. The molecule has 0 saturated heterocycles. The van der Waals surface area contributed by atoms with E-state index in [4.69, 9.17) is 0 Å². The van der Waals surface area contributed by atoms with E-state index < -0.39 is 5.92 Å². The first-order valence-corrected chi connectivity index (χ1v) is 11.9. The molecule has 5 aromatic rings. The van der Waals surface area contributed by atoms with E-state index in [-0.39, 0.29) is 17.3 Å². The van der Waals surface area contributed by atoms with Gasteiger partial charge in [-0.25, -0.2) is 9.37 Å². The number of aromatic amines is 1. The lowest BCUT2D eigenvalue weighted by Gasteiger charge is -2.13. The number of aromatic nitrogens is 3. The Morgan fingerprint density at radius 1 is 1.08 bits per heavy atom. The van der Waals surface area contributed by atoms with Crippen molar-refractivity contribution in [3.8, 4) is 11.3 Å². The van der Waals surface area contributed by atoms with Crippen LogP contribution in [0.5, 0.6) is 0 Å². The Labute approximate surface area is 213 Å². The number of pyridine rings is 2. The average Bonchev–Trinajstić information content (AvgIpc) is 3.28. The number of anilines is 3. The summed E-state index contributed by atoms with van der Waals surface area (Å²) in [6.07, 6.45) is 3.41. The first-order chi connectivity index (χ1) is 17.8. The number of amides is 1. The van der Waals surface area contributed by atoms with Crippen LogP contribution in [0.25, 0.3) is 22.2 Å². The second kappa shape index (κ2) is 9.73. The highest BCUT2D eigenvalue weighted by molar-refractivity contribution is 6.04. The molecule has 0 fully saturated rings. The number of hydrogen-bond donors (Lipinski definition) is 3. The Bertz CT molecular complexity index is 1660. The van der Waals surface area contributed by atoms with Gasteiger partial charge in [0, 0.05) is 30.7 Å². The van der Waals surface area contributed by atoms with E-state index in [1.165, 1.54) is 12.1 Å². The van der Waals surface area contributed by atoms with E-state index in [2.05, 4.69) is 20.6 Å². The molecule has 8 heteroatoms. The molecular formula is C29H26FN5O2. The van der Waals surface area contributed by atoms with E-state index in [1.54, 1.807) is 49.1 Å². The lowest BCUT2D eigenvalue weighted by Crippen LogP contribution is -2.19. The minimum absolute atomic E-state index is 0.128. The van der Waals surface area contributed by atoms with Crippen LogP contribution in [0.3, 0.4) is 0 Å². The maximum absolute atomic E-state index is 13.3. The summed E-state index contributed by atoms with van der Waals surface area (Å²) in [7, 11) is 1.73. The second-order valence-corrected chi connectivity index (χ2v) is 9.04. The number of carbonyl (C=O) groups excluding carboxylic acids is 1. The Morgan fingerprint density at radius 2 is 1.81 bits per heavy atom. The predicted octanol–water partition coefficient (Wildman–Crippen LogP) is 5.86. The largest absolute Gasteiger partial charge is 0.353 e. The van der Waals surface area contributed by atoms with Gasteiger partial charge in [-0.3, -0.25) is 9.59 Å². The maximum Gasteiger partial charge on any atom is 0.261 e. The second-order valence-electron chi connectivity index (χ2n) is 9.04. The molecule has 186 valence electrons. The third-order valence-corrected chi connectivity index (χ3v) is 6.42. The smallest absolute Gasteiger partial charge is 0.261 e. The predicted molar refractivity (Wildman–Crippen MR) is 145 cm³/mol.